The minimum Gasteiger partial charge on any atom is -0.772 e. The number of nitrogen functional groups attached to an aromatic ring is 2. The van der Waals surface area contributed by atoms with Gasteiger partial charge >= 0.3 is 0 Å². The summed E-state index contributed by atoms with van der Waals surface area (Å²) in [6.07, 6.45) is 1.77. The van der Waals surface area contributed by atoms with Gasteiger partial charge in [0, 0.05) is 38.9 Å². The number of rotatable bonds is 4. The lowest BCUT2D eigenvalue weighted by Crippen LogP contribution is -1.94. The van der Waals surface area contributed by atoms with Gasteiger partial charge in [-0.25, -0.2) is 4.98 Å². The zero-order valence-corrected chi connectivity index (χ0v) is 15.8. The molecule has 1 unspecified atom stereocenters. The van der Waals surface area contributed by atoms with E-state index < -0.39 is 11.1 Å². The molecule has 2 aromatic heterocycles. The van der Waals surface area contributed by atoms with Gasteiger partial charge in [0.15, 0.2) is 0 Å². The second-order valence-corrected chi connectivity index (χ2v) is 7.95. The minimum absolute atomic E-state index is 0.00989. The van der Waals surface area contributed by atoms with Gasteiger partial charge in [-0.15, -0.1) is 11.3 Å². The van der Waals surface area contributed by atoms with Crippen molar-refractivity contribution >= 4 is 44.0 Å². The highest BCUT2D eigenvalue weighted by atomic mass is 32.2. The Bertz CT molecular complexity index is 1140. The predicted molar refractivity (Wildman–Crippen MR) is 112 cm³/mol. The quantitative estimate of drug-likeness (QED) is 0.399. The van der Waals surface area contributed by atoms with Crippen molar-refractivity contribution in [2.24, 2.45) is 0 Å². The molecule has 4 rings (SSSR count). The summed E-state index contributed by atoms with van der Waals surface area (Å²) in [5, 5.41) is 3.00. The van der Waals surface area contributed by atoms with Crippen LogP contribution in [0, 0.1) is 0 Å². The molecule has 0 saturated carbocycles. The highest BCUT2D eigenvalue weighted by Crippen LogP contribution is 2.41. The van der Waals surface area contributed by atoms with Crippen LogP contribution in [0.15, 0.2) is 60.1 Å². The standard InChI is InChI=1S/C20H17N3O2S2/c21-15-7-5-14(6-8-15)17-10-26-19-16(9-23-20(22)18(17)19)13-3-1-12(2-4-13)11-27(24)25/h1-10H,11,21H2,(H2,22,23)(H,24,25)/p-1. The van der Waals surface area contributed by atoms with Crippen LogP contribution in [0.25, 0.3) is 32.3 Å². The number of pyridine rings is 1. The zero-order valence-electron chi connectivity index (χ0n) is 14.2. The zero-order chi connectivity index (χ0) is 19.0. The molecule has 4 aromatic rings. The van der Waals surface area contributed by atoms with Crippen LogP contribution in [-0.2, 0) is 16.8 Å². The number of fused-ring (bicyclic) bond motifs is 1. The van der Waals surface area contributed by atoms with E-state index in [2.05, 4.69) is 10.4 Å². The van der Waals surface area contributed by atoms with Crippen molar-refractivity contribution in [1.29, 1.82) is 0 Å². The maximum atomic E-state index is 10.9. The molecule has 0 aliphatic rings. The van der Waals surface area contributed by atoms with Gasteiger partial charge in [-0.3, -0.25) is 4.21 Å². The Morgan fingerprint density at radius 1 is 0.963 bits per heavy atom. The third-order valence-corrected chi connectivity index (χ3v) is 5.98. The van der Waals surface area contributed by atoms with Crippen molar-refractivity contribution in [3.8, 4) is 22.3 Å². The van der Waals surface area contributed by atoms with Crippen LogP contribution in [0.3, 0.4) is 0 Å². The van der Waals surface area contributed by atoms with Crippen LogP contribution in [0.1, 0.15) is 5.56 Å². The summed E-state index contributed by atoms with van der Waals surface area (Å²) in [6.45, 7) is 0. The molecule has 0 saturated heterocycles. The summed E-state index contributed by atoms with van der Waals surface area (Å²) in [6, 6.07) is 15.1. The van der Waals surface area contributed by atoms with Crippen LogP contribution in [-0.4, -0.2) is 13.7 Å². The Morgan fingerprint density at radius 3 is 2.26 bits per heavy atom. The summed E-state index contributed by atoms with van der Waals surface area (Å²) in [4.78, 5) is 4.39. The molecule has 2 heterocycles. The van der Waals surface area contributed by atoms with E-state index in [0.29, 0.717) is 11.5 Å². The lowest BCUT2D eigenvalue weighted by molar-refractivity contribution is 0.536. The number of hydrogen-bond acceptors (Lipinski definition) is 6. The number of aromatic nitrogens is 1. The first kappa shape index (κ1) is 17.7. The molecular formula is C20H16N3O2S2-. The van der Waals surface area contributed by atoms with Gasteiger partial charge in [0.2, 0.25) is 0 Å². The average molecular weight is 395 g/mol. The van der Waals surface area contributed by atoms with Gasteiger partial charge < -0.3 is 16.0 Å². The highest BCUT2D eigenvalue weighted by Gasteiger charge is 2.15. The van der Waals surface area contributed by atoms with Crippen molar-refractivity contribution in [1.82, 2.24) is 4.98 Å². The predicted octanol–water partition coefficient (Wildman–Crippen LogP) is 4.17. The van der Waals surface area contributed by atoms with E-state index in [4.69, 9.17) is 11.5 Å². The van der Waals surface area contributed by atoms with Crippen molar-refractivity contribution in [3.05, 3.63) is 65.7 Å². The first-order valence-corrected chi connectivity index (χ1v) is 10.3. The molecule has 0 bridgehead atoms. The van der Waals surface area contributed by atoms with Gasteiger partial charge in [0.1, 0.15) is 5.82 Å². The molecule has 0 spiro atoms. The summed E-state index contributed by atoms with van der Waals surface area (Å²) in [5.41, 5.74) is 17.5. The van der Waals surface area contributed by atoms with E-state index in [1.54, 1.807) is 17.5 Å². The normalized spacial score (nSPS) is 12.3. The van der Waals surface area contributed by atoms with Crippen LogP contribution in [0.2, 0.25) is 0 Å². The van der Waals surface area contributed by atoms with E-state index in [-0.39, 0.29) is 5.75 Å². The Labute approximate surface area is 163 Å². The van der Waals surface area contributed by atoms with Crippen LogP contribution < -0.4 is 11.5 Å². The van der Waals surface area contributed by atoms with Gasteiger partial charge in [-0.2, -0.15) is 0 Å². The van der Waals surface area contributed by atoms with E-state index in [1.807, 2.05) is 48.5 Å². The van der Waals surface area contributed by atoms with Gasteiger partial charge in [-0.05, 0) is 34.2 Å². The molecule has 0 amide bonds. The summed E-state index contributed by atoms with van der Waals surface area (Å²) in [7, 11) is 0. The lowest BCUT2D eigenvalue weighted by Gasteiger charge is -2.09. The fourth-order valence-corrected chi connectivity index (χ4v) is 4.65. The van der Waals surface area contributed by atoms with Crippen LogP contribution in [0.5, 0.6) is 0 Å². The summed E-state index contributed by atoms with van der Waals surface area (Å²) < 4.78 is 22.8. The Balaban J connectivity index is 1.82. The Hall–Kier alpha value is -2.74. The first-order chi connectivity index (χ1) is 13.0. The van der Waals surface area contributed by atoms with E-state index >= 15 is 0 Å². The molecule has 0 aliphatic carbocycles. The lowest BCUT2D eigenvalue weighted by atomic mass is 10.0. The van der Waals surface area contributed by atoms with Crippen molar-refractivity contribution < 1.29 is 8.76 Å². The molecule has 0 fully saturated rings. The number of nitrogens with two attached hydrogens (primary N) is 2. The smallest absolute Gasteiger partial charge is 0.132 e. The van der Waals surface area contributed by atoms with Crippen molar-refractivity contribution in [3.63, 3.8) is 0 Å². The second kappa shape index (κ2) is 7.11. The van der Waals surface area contributed by atoms with Gasteiger partial charge in [0.25, 0.3) is 0 Å². The molecule has 27 heavy (non-hydrogen) atoms. The van der Waals surface area contributed by atoms with Gasteiger partial charge in [0.05, 0.1) is 0 Å². The number of thiophene rings is 1. The molecular weight excluding hydrogens is 378 g/mol. The molecule has 0 radical (unpaired) electrons. The highest BCUT2D eigenvalue weighted by molar-refractivity contribution is 7.78. The number of nitrogens with zero attached hydrogens (tertiary/aromatic N) is 1. The maximum absolute atomic E-state index is 10.9. The van der Waals surface area contributed by atoms with Crippen molar-refractivity contribution in [2.75, 3.05) is 11.5 Å². The molecule has 0 aliphatic heterocycles. The third-order valence-electron chi connectivity index (χ3n) is 4.40. The molecule has 7 heteroatoms. The summed E-state index contributed by atoms with van der Waals surface area (Å²) in [5.74, 6) is 0.496. The van der Waals surface area contributed by atoms with E-state index in [0.717, 1.165) is 37.9 Å². The molecule has 5 nitrogen and oxygen atoms in total. The number of benzene rings is 2. The fraction of sp³-hybridized carbons (Fsp3) is 0.0500. The van der Waals surface area contributed by atoms with Gasteiger partial charge in [-0.1, -0.05) is 47.5 Å². The largest absolute Gasteiger partial charge is 0.772 e. The number of hydrogen-bond donors (Lipinski definition) is 2. The minimum atomic E-state index is -2.10. The Kier molecular flexibility index (Phi) is 4.65. The second-order valence-electron chi connectivity index (χ2n) is 6.18. The third kappa shape index (κ3) is 3.44. The number of anilines is 2. The van der Waals surface area contributed by atoms with Crippen molar-refractivity contribution in [2.45, 2.75) is 5.75 Å². The topological polar surface area (TPSA) is 105 Å². The first-order valence-electron chi connectivity index (χ1n) is 8.19. The maximum Gasteiger partial charge on any atom is 0.132 e. The average Bonchev–Trinajstić information content (AvgIpc) is 3.09. The fourth-order valence-electron chi connectivity index (χ4n) is 3.07. The molecule has 136 valence electrons. The van der Waals surface area contributed by atoms with Crippen LogP contribution >= 0.6 is 11.3 Å². The monoisotopic (exact) mass is 394 g/mol. The SMILES string of the molecule is Nc1ccc(-c2csc3c(-c4ccc(CS(=O)[O-])cc4)cnc(N)c23)cc1. The van der Waals surface area contributed by atoms with Crippen LogP contribution in [0.4, 0.5) is 11.5 Å². The van der Waals surface area contributed by atoms with E-state index in [9.17, 15) is 8.76 Å². The summed E-state index contributed by atoms with van der Waals surface area (Å²) >= 11 is -0.485. The van der Waals surface area contributed by atoms with E-state index in [1.165, 1.54) is 0 Å². The molecule has 1 atom stereocenters. The molecule has 4 N–H and O–H groups in total. The Morgan fingerprint density at radius 2 is 1.59 bits per heavy atom. The molecule has 2 aromatic carbocycles.